The van der Waals surface area contributed by atoms with E-state index in [2.05, 4.69) is 15.3 Å². The number of amides is 1. The molecule has 1 aliphatic heterocycles. The average Bonchev–Trinajstić information content (AvgIpc) is 2.97. The molecule has 1 aromatic carbocycles. The SMILES string of the molecule is CCN(C(=O)c1ccnc(Nc2ccc(F)cc2)n1)C1CCS(=O)(=O)C1. The van der Waals surface area contributed by atoms with Gasteiger partial charge in [0.15, 0.2) is 9.84 Å². The molecule has 1 saturated heterocycles. The first kappa shape index (κ1) is 18.2. The molecular formula is C17H19FN4O3S. The first-order chi connectivity index (χ1) is 12.4. The quantitative estimate of drug-likeness (QED) is 0.856. The van der Waals surface area contributed by atoms with E-state index in [1.54, 1.807) is 0 Å². The van der Waals surface area contributed by atoms with Crippen LogP contribution in [0.15, 0.2) is 36.5 Å². The number of carbonyl (C=O) groups excluding carboxylic acids is 1. The summed E-state index contributed by atoms with van der Waals surface area (Å²) in [7, 11) is -3.09. The highest BCUT2D eigenvalue weighted by molar-refractivity contribution is 7.91. The third-order valence-corrected chi connectivity index (χ3v) is 5.98. The lowest BCUT2D eigenvalue weighted by Crippen LogP contribution is -2.41. The third kappa shape index (κ3) is 4.16. The first-order valence-electron chi connectivity index (χ1n) is 8.25. The number of anilines is 2. The van der Waals surface area contributed by atoms with Gasteiger partial charge in [-0.2, -0.15) is 0 Å². The molecule has 2 heterocycles. The molecule has 0 spiro atoms. The molecule has 3 rings (SSSR count). The van der Waals surface area contributed by atoms with Crippen LogP contribution in [-0.4, -0.2) is 53.3 Å². The van der Waals surface area contributed by atoms with Gasteiger partial charge in [-0.15, -0.1) is 0 Å². The Bertz CT molecular complexity index is 902. The number of hydrogen-bond acceptors (Lipinski definition) is 6. The molecule has 1 N–H and O–H groups in total. The van der Waals surface area contributed by atoms with Crippen LogP contribution in [-0.2, 0) is 9.84 Å². The molecule has 0 bridgehead atoms. The fraction of sp³-hybridized carbons (Fsp3) is 0.353. The van der Waals surface area contributed by atoms with Gasteiger partial charge in [0, 0.05) is 24.5 Å². The van der Waals surface area contributed by atoms with Gasteiger partial charge in [-0.3, -0.25) is 4.79 Å². The van der Waals surface area contributed by atoms with Crippen LogP contribution in [0.4, 0.5) is 16.0 Å². The van der Waals surface area contributed by atoms with E-state index in [1.807, 2.05) is 6.92 Å². The van der Waals surface area contributed by atoms with E-state index in [4.69, 9.17) is 0 Å². The van der Waals surface area contributed by atoms with E-state index in [0.717, 1.165) is 0 Å². The maximum Gasteiger partial charge on any atom is 0.272 e. The topological polar surface area (TPSA) is 92.3 Å². The van der Waals surface area contributed by atoms with Crippen molar-refractivity contribution in [3.05, 3.63) is 48.0 Å². The van der Waals surface area contributed by atoms with Gasteiger partial charge in [0.1, 0.15) is 11.5 Å². The van der Waals surface area contributed by atoms with E-state index >= 15 is 0 Å². The Morgan fingerprint density at radius 1 is 1.31 bits per heavy atom. The van der Waals surface area contributed by atoms with Gasteiger partial charge in [0.2, 0.25) is 5.95 Å². The highest BCUT2D eigenvalue weighted by atomic mass is 32.2. The summed E-state index contributed by atoms with van der Waals surface area (Å²) < 4.78 is 36.4. The van der Waals surface area contributed by atoms with Gasteiger partial charge in [-0.25, -0.2) is 22.8 Å². The molecule has 1 aromatic heterocycles. The van der Waals surface area contributed by atoms with Crippen molar-refractivity contribution in [2.24, 2.45) is 0 Å². The number of sulfone groups is 1. The summed E-state index contributed by atoms with van der Waals surface area (Å²) in [6, 6.07) is 6.84. The molecule has 26 heavy (non-hydrogen) atoms. The van der Waals surface area contributed by atoms with E-state index in [-0.39, 0.29) is 40.9 Å². The van der Waals surface area contributed by atoms with Gasteiger partial charge in [0.05, 0.1) is 11.5 Å². The lowest BCUT2D eigenvalue weighted by atomic mass is 10.2. The molecule has 1 amide bonds. The van der Waals surface area contributed by atoms with E-state index in [0.29, 0.717) is 18.7 Å². The van der Waals surface area contributed by atoms with Crippen molar-refractivity contribution in [1.82, 2.24) is 14.9 Å². The molecule has 1 unspecified atom stereocenters. The Labute approximate surface area is 151 Å². The first-order valence-corrected chi connectivity index (χ1v) is 10.1. The number of halogens is 1. The van der Waals surface area contributed by atoms with Crippen LogP contribution < -0.4 is 5.32 Å². The third-order valence-electron chi connectivity index (χ3n) is 4.23. The standard InChI is InChI=1S/C17H19FN4O3S/c1-2-22(14-8-10-26(24,25)11-14)16(23)15-7-9-19-17(21-15)20-13-5-3-12(18)4-6-13/h3-7,9,14H,2,8,10-11H2,1H3,(H,19,20,21). The molecule has 1 aliphatic rings. The molecule has 0 aliphatic carbocycles. The Hall–Kier alpha value is -2.55. The number of rotatable bonds is 5. The Balaban J connectivity index is 1.77. The van der Waals surface area contributed by atoms with Crippen LogP contribution in [0, 0.1) is 5.82 Å². The lowest BCUT2D eigenvalue weighted by molar-refractivity contribution is 0.0702. The molecule has 2 aromatic rings. The zero-order valence-corrected chi connectivity index (χ0v) is 15.0. The van der Waals surface area contributed by atoms with Crippen molar-refractivity contribution in [3.8, 4) is 0 Å². The summed E-state index contributed by atoms with van der Waals surface area (Å²) in [6.45, 7) is 2.20. The van der Waals surface area contributed by atoms with Crippen LogP contribution in [0.2, 0.25) is 0 Å². The monoisotopic (exact) mass is 378 g/mol. The molecule has 0 radical (unpaired) electrons. The van der Waals surface area contributed by atoms with Crippen LogP contribution >= 0.6 is 0 Å². The summed E-state index contributed by atoms with van der Waals surface area (Å²) in [6.07, 6.45) is 1.89. The minimum absolute atomic E-state index is 0.0155. The Morgan fingerprint density at radius 2 is 2.04 bits per heavy atom. The van der Waals surface area contributed by atoms with Gasteiger partial charge in [0.25, 0.3) is 5.91 Å². The molecule has 138 valence electrons. The van der Waals surface area contributed by atoms with Crippen molar-refractivity contribution >= 4 is 27.4 Å². The summed E-state index contributed by atoms with van der Waals surface area (Å²) in [4.78, 5) is 22.6. The second-order valence-electron chi connectivity index (χ2n) is 6.05. The molecule has 1 atom stereocenters. The second-order valence-corrected chi connectivity index (χ2v) is 8.27. The van der Waals surface area contributed by atoms with Crippen molar-refractivity contribution in [2.45, 2.75) is 19.4 Å². The van der Waals surface area contributed by atoms with Crippen molar-refractivity contribution in [1.29, 1.82) is 0 Å². The largest absolute Gasteiger partial charge is 0.334 e. The Kier molecular flexibility index (Phi) is 5.17. The number of benzene rings is 1. The molecule has 7 nitrogen and oxygen atoms in total. The zero-order valence-electron chi connectivity index (χ0n) is 14.2. The summed E-state index contributed by atoms with van der Waals surface area (Å²) in [5.41, 5.74) is 0.765. The molecule has 0 saturated carbocycles. The maximum atomic E-state index is 13.0. The number of carbonyl (C=O) groups is 1. The van der Waals surface area contributed by atoms with Crippen LogP contribution in [0.3, 0.4) is 0 Å². The highest BCUT2D eigenvalue weighted by Gasteiger charge is 2.34. The molecule has 9 heteroatoms. The van der Waals surface area contributed by atoms with Gasteiger partial charge < -0.3 is 10.2 Å². The minimum Gasteiger partial charge on any atom is -0.334 e. The minimum atomic E-state index is -3.09. The van der Waals surface area contributed by atoms with E-state index < -0.39 is 9.84 Å². The summed E-state index contributed by atoms with van der Waals surface area (Å²) >= 11 is 0. The predicted molar refractivity (Wildman–Crippen MR) is 95.5 cm³/mol. The second kappa shape index (κ2) is 7.36. The number of aromatic nitrogens is 2. The van der Waals surface area contributed by atoms with E-state index in [9.17, 15) is 17.6 Å². The smallest absolute Gasteiger partial charge is 0.272 e. The van der Waals surface area contributed by atoms with Gasteiger partial charge in [-0.1, -0.05) is 0 Å². The average molecular weight is 378 g/mol. The lowest BCUT2D eigenvalue weighted by Gasteiger charge is -2.26. The maximum absolute atomic E-state index is 13.0. The number of hydrogen-bond donors (Lipinski definition) is 1. The van der Waals surface area contributed by atoms with Crippen LogP contribution in [0.25, 0.3) is 0 Å². The fourth-order valence-electron chi connectivity index (χ4n) is 2.94. The highest BCUT2D eigenvalue weighted by Crippen LogP contribution is 2.20. The van der Waals surface area contributed by atoms with Crippen molar-refractivity contribution in [3.63, 3.8) is 0 Å². The van der Waals surface area contributed by atoms with Gasteiger partial charge >= 0.3 is 0 Å². The predicted octanol–water partition coefficient (Wildman–Crippen LogP) is 2.01. The van der Waals surface area contributed by atoms with Crippen LogP contribution in [0.1, 0.15) is 23.8 Å². The van der Waals surface area contributed by atoms with Crippen molar-refractivity contribution < 1.29 is 17.6 Å². The molecular weight excluding hydrogens is 359 g/mol. The fourth-order valence-corrected chi connectivity index (χ4v) is 4.67. The Morgan fingerprint density at radius 3 is 2.65 bits per heavy atom. The van der Waals surface area contributed by atoms with E-state index in [1.165, 1.54) is 41.4 Å². The molecule has 1 fully saturated rings. The number of nitrogens with one attached hydrogen (secondary N) is 1. The van der Waals surface area contributed by atoms with Gasteiger partial charge in [-0.05, 0) is 43.7 Å². The zero-order chi connectivity index (χ0) is 18.7. The summed E-state index contributed by atoms with van der Waals surface area (Å²) in [5, 5.41) is 2.91. The van der Waals surface area contributed by atoms with Crippen LogP contribution in [0.5, 0.6) is 0 Å². The van der Waals surface area contributed by atoms with Crippen molar-refractivity contribution in [2.75, 3.05) is 23.4 Å². The normalized spacial score (nSPS) is 18.5. The summed E-state index contributed by atoms with van der Waals surface area (Å²) in [5.74, 6) is -0.400. The number of nitrogens with zero attached hydrogens (tertiary/aromatic N) is 3.